The minimum Gasteiger partial charge on any atom is -0.301 e. The van der Waals surface area contributed by atoms with Crippen molar-refractivity contribution < 1.29 is 14.0 Å². The van der Waals surface area contributed by atoms with Crippen molar-refractivity contribution in [3.05, 3.63) is 35.5 Å². The second-order valence-electron chi connectivity index (χ2n) is 6.76. The number of hydrogen-bond acceptors (Lipinski definition) is 8. The van der Waals surface area contributed by atoms with E-state index in [2.05, 4.69) is 20.5 Å². The number of benzene rings is 1. The maximum absolute atomic E-state index is 13.1. The summed E-state index contributed by atoms with van der Waals surface area (Å²) in [5.74, 6) is -0.559. The number of hydrogen-bond donors (Lipinski definition) is 1. The molecule has 30 heavy (non-hydrogen) atoms. The fourth-order valence-corrected chi connectivity index (χ4v) is 5.55. The maximum atomic E-state index is 13.1. The van der Waals surface area contributed by atoms with Crippen molar-refractivity contribution in [3.63, 3.8) is 0 Å². The lowest BCUT2D eigenvalue weighted by Crippen LogP contribution is -2.30. The van der Waals surface area contributed by atoms with E-state index in [1.165, 1.54) is 53.5 Å². The summed E-state index contributed by atoms with van der Waals surface area (Å²) < 4.78 is 13.7. The van der Waals surface area contributed by atoms with Crippen molar-refractivity contribution in [2.24, 2.45) is 0 Å². The summed E-state index contributed by atoms with van der Waals surface area (Å²) >= 11 is 3.91. The number of carbonyl (C=O) groups is 2. The molecule has 1 fully saturated rings. The Balaban J connectivity index is 1.36. The molecule has 2 heterocycles. The molecule has 1 atom stereocenters. The van der Waals surface area contributed by atoms with Gasteiger partial charge in [-0.15, -0.1) is 21.5 Å². The Hall–Kier alpha value is -2.37. The Morgan fingerprint density at radius 2 is 2.00 bits per heavy atom. The number of rotatable bonds is 7. The van der Waals surface area contributed by atoms with Crippen LogP contribution in [0.1, 0.15) is 26.7 Å². The molecule has 0 radical (unpaired) electrons. The highest BCUT2D eigenvalue weighted by Crippen LogP contribution is 2.37. The molecule has 2 amide bonds. The summed E-state index contributed by atoms with van der Waals surface area (Å²) in [6.07, 6.45) is 1.96. The Morgan fingerprint density at radius 3 is 2.67 bits per heavy atom. The van der Waals surface area contributed by atoms with E-state index in [0.717, 1.165) is 18.4 Å². The van der Waals surface area contributed by atoms with Crippen molar-refractivity contribution in [3.8, 4) is 11.3 Å². The largest absolute Gasteiger partial charge is 0.301 e. The van der Waals surface area contributed by atoms with Crippen LogP contribution in [-0.4, -0.2) is 38.3 Å². The Bertz CT molecular complexity index is 1060. The van der Waals surface area contributed by atoms with Crippen molar-refractivity contribution in [2.45, 2.75) is 42.3 Å². The zero-order valence-corrected chi connectivity index (χ0v) is 18.6. The first-order valence-electron chi connectivity index (χ1n) is 9.23. The van der Waals surface area contributed by atoms with Crippen molar-refractivity contribution >= 4 is 56.5 Å². The summed E-state index contributed by atoms with van der Waals surface area (Å²) in [5.41, 5.74) is 1.46. The Morgan fingerprint density at radius 1 is 1.27 bits per heavy atom. The molecule has 0 bridgehead atoms. The number of nitrogens with one attached hydrogen (secondary N) is 1. The normalized spacial score (nSPS) is 14.4. The second-order valence-corrected chi connectivity index (χ2v) is 10.2. The van der Waals surface area contributed by atoms with E-state index < -0.39 is 5.25 Å². The second kappa shape index (κ2) is 8.78. The molecule has 1 unspecified atom stereocenters. The van der Waals surface area contributed by atoms with Crippen LogP contribution in [0.2, 0.25) is 0 Å². The van der Waals surface area contributed by atoms with E-state index in [1.54, 1.807) is 24.0 Å². The van der Waals surface area contributed by atoms with Gasteiger partial charge < -0.3 is 5.32 Å². The SMILES string of the molecule is CC(=O)N(c1nnc(SC(C)C(=O)Nc2nc(-c3ccc(F)cc3)cs2)s1)C1CC1. The first-order chi connectivity index (χ1) is 14.4. The lowest BCUT2D eigenvalue weighted by molar-refractivity contribution is -0.117. The monoisotopic (exact) mass is 463 g/mol. The highest BCUT2D eigenvalue weighted by atomic mass is 32.2. The van der Waals surface area contributed by atoms with Gasteiger partial charge >= 0.3 is 0 Å². The minimum absolute atomic E-state index is 0.0447. The standard InChI is InChI=1S/C19H18FN5O2S3/c1-10(29-19-24-23-18(30-19)25(11(2)26)14-7-8-14)16(27)22-17-21-15(9-28-17)12-3-5-13(20)6-4-12/h3-6,9-10,14H,7-8H2,1-2H3,(H,21,22,27). The van der Waals surface area contributed by atoms with Crippen molar-refractivity contribution in [1.82, 2.24) is 15.2 Å². The fourth-order valence-electron chi connectivity index (χ4n) is 2.72. The molecule has 2 aromatic heterocycles. The lowest BCUT2D eigenvalue weighted by atomic mass is 10.2. The van der Waals surface area contributed by atoms with Crippen LogP contribution in [0, 0.1) is 5.82 Å². The Labute approximate surface area is 184 Å². The smallest absolute Gasteiger partial charge is 0.239 e. The summed E-state index contributed by atoms with van der Waals surface area (Å²) in [5, 5.41) is 13.5. The number of thiazole rings is 1. The molecule has 1 aromatic carbocycles. The summed E-state index contributed by atoms with van der Waals surface area (Å²) in [6.45, 7) is 3.30. The van der Waals surface area contributed by atoms with E-state index in [0.29, 0.717) is 20.3 Å². The molecule has 1 aliphatic carbocycles. The number of anilines is 2. The van der Waals surface area contributed by atoms with Crippen LogP contribution >= 0.6 is 34.4 Å². The van der Waals surface area contributed by atoms with Gasteiger partial charge in [0, 0.05) is 23.9 Å². The number of aromatic nitrogens is 3. The summed E-state index contributed by atoms with van der Waals surface area (Å²) in [4.78, 5) is 30.5. The van der Waals surface area contributed by atoms with Gasteiger partial charge in [0.15, 0.2) is 9.47 Å². The molecule has 0 spiro atoms. The van der Waals surface area contributed by atoms with E-state index in [9.17, 15) is 14.0 Å². The first kappa shape index (κ1) is 20.9. The van der Waals surface area contributed by atoms with E-state index in [1.807, 2.05) is 5.38 Å². The van der Waals surface area contributed by atoms with Crippen LogP contribution in [-0.2, 0) is 9.59 Å². The first-order valence-corrected chi connectivity index (χ1v) is 11.8. The topological polar surface area (TPSA) is 88.1 Å². The molecule has 3 aromatic rings. The third-order valence-electron chi connectivity index (χ3n) is 4.37. The minimum atomic E-state index is -0.421. The summed E-state index contributed by atoms with van der Waals surface area (Å²) in [6, 6.07) is 6.26. The van der Waals surface area contributed by atoms with Gasteiger partial charge in [-0.3, -0.25) is 14.5 Å². The van der Waals surface area contributed by atoms with Gasteiger partial charge in [-0.2, -0.15) is 0 Å². The average Bonchev–Trinajstić information content (AvgIpc) is 3.24. The Kier molecular flexibility index (Phi) is 6.11. The van der Waals surface area contributed by atoms with Crippen molar-refractivity contribution in [1.29, 1.82) is 0 Å². The van der Waals surface area contributed by atoms with E-state index >= 15 is 0 Å². The third-order valence-corrected chi connectivity index (χ3v) is 7.24. The molecule has 1 saturated carbocycles. The van der Waals surface area contributed by atoms with Crippen LogP contribution in [0.4, 0.5) is 14.7 Å². The van der Waals surface area contributed by atoms with Gasteiger partial charge in [0.05, 0.1) is 10.9 Å². The van der Waals surface area contributed by atoms with E-state index in [-0.39, 0.29) is 23.7 Å². The van der Waals surface area contributed by atoms with Crippen LogP contribution < -0.4 is 10.2 Å². The zero-order chi connectivity index (χ0) is 21.3. The fraction of sp³-hybridized carbons (Fsp3) is 0.316. The molecular weight excluding hydrogens is 445 g/mol. The van der Waals surface area contributed by atoms with Gasteiger partial charge in [0.1, 0.15) is 5.82 Å². The van der Waals surface area contributed by atoms with Gasteiger partial charge in [-0.25, -0.2) is 9.37 Å². The van der Waals surface area contributed by atoms with Crippen LogP contribution in [0.5, 0.6) is 0 Å². The van der Waals surface area contributed by atoms with Gasteiger partial charge in [-0.1, -0.05) is 23.1 Å². The van der Waals surface area contributed by atoms with Gasteiger partial charge in [0.2, 0.25) is 16.9 Å². The molecule has 1 N–H and O–H groups in total. The van der Waals surface area contributed by atoms with E-state index in [4.69, 9.17) is 0 Å². The number of carbonyl (C=O) groups excluding carboxylic acids is 2. The number of nitrogens with zero attached hydrogens (tertiary/aromatic N) is 4. The average molecular weight is 464 g/mol. The van der Waals surface area contributed by atoms with Crippen LogP contribution in [0.3, 0.4) is 0 Å². The third kappa shape index (κ3) is 4.85. The maximum Gasteiger partial charge on any atom is 0.239 e. The number of amides is 2. The van der Waals surface area contributed by atoms with Gasteiger partial charge in [0.25, 0.3) is 0 Å². The van der Waals surface area contributed by atoms with Gasteiger partial charge in [-0.05, 0) is 44.0 Å². The molecular formula is C19H18FN5O2S3. The highest BCUT2D eigenvalue weighted by molar-refractivity contribution is 8.02. The molecule has 11 heteroatoms. The molecule has 7 nitrogen and oxygen atoms in total. The van der Waals surface area contributed by atoms with Crippen molar-refractivity contribution in [2.75, 3.05) is 10.2 Å². The molecule has 156 valence electrons. The predicted molar refractivity (Wildman–Crippen MR) is 118 cm³/mol. The molecule has 1 aliphatic rings. The number of thioether (sulfide) groups is 1. The lowest BCUT2D eigenvalue weighted by Gasteiger charge is -2.15. The summed E-state index contributed by atoms with van der Waals surface area (Å²) in [7, 11) is 0. The van der Waals surface area contributed by atoms with Crippen LogP contribution in [0.15, 0.2) is 34.0 Å². The molecule has 4 rings (SSSR count). The number of halogens is 1. The quantitative estimate of drug-likeness (QED) is 0.412. The highest BCUT2D eigenvalue weighted by Gasteiger charge is 2.34. The molecule has 0 saturated heterocycles. The predicted octanol–water partition coefficient (Wildman–Crippen LogP) is 4.44. The van der Waals surface area contributed by atoms with Crippen LogP contribution in [0.25, 0.3) is 11.3 Å². The molecule has 0 aliphatic heterocycles. The zero-order valence-electron chi connectivity index (χ0n) is 16.2.